The number of hydrogen-bond acceptors (Lipinski definition) is 2. The number of aryl methyl sites for hydroxylation is 1. The van der Waals surface area contributed by atoms with Gasteiger partial charge in [0.05, 0.1) is 6.42 Å². The van der Waals surface area contributed by atoms with Crippen LogP contribution >= 0.6 is 0 Å². The Morgan fingerprint density at radius 1 is 1.00 bits per heavy atom. The van der Waals surface area contributed by atoms with Crippen LogP contribution in [0.2, 0.25) is 0 Å². The van der Waals surface area contributed by atoms with Crippen molar-refractivity contribution in [3.63, 3.8) is 0 Å². The lowest BCUT2D eigenvalue weighted by Crippen LogP contribution is -2.50. The molecule has 2 amide bonds. The van der Waals surface area contributed by atoms with E-state index in [0.717, 1.165) is 24.0 Å². The number of carbonyl (C=O) groups is 2. The summed E-state index contributed by atoms with van der Waals surface area (Å²) in [6.07, 6.45) is 4.70. The van der Waals surface area contributed by atoms with Gasteiger partial charge in [0.2, 0.25) is 11.8 Å². The molecule has 0 heterocycles. The zero-order chi connectivity index (χ0) is 19.9. The lowest BCUT2D eigenvalue weighted by Gasteiger charge is -2.30. The Hall–Kier alpha value is -2.62. The fraction of sp³-hybridized carbons (Fsp3) is 0.417. The summed E-state index contributed by atoms with van der Waals surface area (Å²) in [6.45, 7) is 4.30. The number of amides is 2. The van der Waals surface area contributed by atoms with Crippen molar-refractivity contribution in [1.29, 1.82) is 0 Å². The first kappa shape index (κ1) is 20.1. The number of rotatable bonds is 7. The van der Waals surface area contributed by atoms with Gasteiger partial charge in [0, 0.05) is 12.6 Å². The van der Waals surface area contributed by atoms with Gasteiger partial charge >= 0.3 is 0 Å². The van der Waals surface area contributed by atoms with Gasteiger partial charge in [-0.15, -0.1) is 0 Å². The predicted molar refractivity (Wildman–Crippen MR) is 112 cm³/mol. The highest BCUT2D eigenvalue weighted by molar-refractivity contribution is 5.88. The molecule has 2 aromatic rings. The molecular weight excluding hydrogens is 348 g/mol. The van der Waals surface area contributed by atoms with Gasteiger partial charge in [0.25, 0.3) is 0 Å². The topological polar surface area (TPSA) is 49.4 Å². The van der Waals surface area contributed by atoms with Crippen molar-refractivity contribution < 1.29 is 9.59 Å². The number of hydrogen-bond donors (Lipinski definition) is 1. The van der Waals surface area contributed by atoms with Gasteiger partial charge < -0.3 is 10.2 Å². The van der Waals surface area contributed by atoms with Gasteiger partial charge in [0.15, 0.2) is 0 Å². The van der Waals surface area contributed by atoms with E-state index in [2.05, 4.69) is 5.32 Å². The van der Waals surface area contributed by atoms with E-state index in [1.165, 1.54) is 18.4 Å². The molecule has 1 aliphatic carbocycles. The molecule has 0 aromatic heterocycles. The third kappa shape index (κ3) is 5.44. The van der Waals surface area contributed by atoms with Crippen LogP contribution in [0.15, 0.2) is 54.6 Å². The number of nitrogens with one attached hydrogen (secondary N) is 1. The van der Waals surface area contributed by atoms with Crippen molar-refractivity contribution in [1.82, 2.24) is 10.2 Å². The van der Waals surface area contributed by atoms with E-state index >= 15 is 0 Å². The molecule has 1 aliphatic rings. The van der Waals surface area contributed by atoms with E-state index in [9.17, 15) is 9.59 Å². The van der Waals surface area contributed by atoms with E-state index in [1.54, 1.807) is 4.90 Å². The minimum absolute atomic E-state index is 0.0261. The lowest BCUT2D eigenvalue weighted by molar-refractivity contribution is -0.140. The molecule has 4 nitrogen and oxygen atoms in total. The zero-order valence-electron chi connectivity index (χ0n) is 16.9. The van der Waals surface area contributed by atoms with Crippen LogP contribution in [0, 0.1) is 6.92 Å². The number of benzene rings is 2. The average Bonchev–Trinajstić information content (AvgIpc) is 3.21. The van der Waals surface area contributed by atoms with Crippen LogP contribution in [-0.2, 0) is 22.6 Å². The summed E-state index contributed by atoms with van der Waals surface area (Å²) < 4.78 is 0. The van der Waals surface area contributed by atoms with Crippen LogP contribution in [0.25, 0.3) is 0 Å². The smallest absolute Gasteiger partial charge is 0.242 e. The van der Waals surface area contributed by atoms with Crippen LogP contribution in [-0.4, -0.2) is 28.8 Å². The maximum absolute atomic E-state index is 13.1. The molecule has 28 heavy (non-hydrogen) atoms. The third-order valence-electron chi connectivity index (χ3n) is 5.54. The number of nitrogens with zero attached hydrogens (tertiary/aromatic N) is 1. The van der Waals surface area contributed by atoms with Gasteiger partial charge in [-0.1, -0.05) is 73.0 Å². The molecule has 1 atom stereocenters. The fourth-order valence-electron chi connectivity index (χ4n) is 3.74. The van der Waals surface area contributed by atoms with Gasteiger partial charge in [-0.05, 0) is 37.8 Å². The van der Waals surface area contributed by atoms with Crippen LogP contribution in [0.1, 0.15) is 49.3 Å². The van der Waals surface area contributed by atoms with Crippen molar-refractivity contribution >= 4 is 11.8 Å². The highest BCUT2D eigenvalue weighted by atomic mass is 16.2. The van der Waals surface area contributed by atoms with E-state index in [0.29, 0.717) is 13.0 Å². The Kier molecular flexibility index (Phi) is 6.85. The van der Waals surface area contributed by atoms with Crippen molar-refractivity contribution in [2.45, 2.75) is 64.6 Å². The maximum Gasteiger partial charge on any atom is 0.242 e. The highest BCUT2D eigenvalue weighted by Gasteiger charge is 2.28. The Bertz CT molecular complexity index is 780. The van der Waals surface area contributed by atoms with Crippen LogP contribution in [0.3, 0.4) is 0 Å². The predicted octanol–water partition coefficient (Wildman–Crippen LogP) is 4.01. The molecule has 0 radical (unpaired) electrons. The maximum atomic E-state index is 13.1. The highest BCUT2D eigenvalue weighted by Crippen LogP contribution is 2.19. The van der Waals surface area contributed by atoms with Gasteiger partial charge in [0.1, 0.15) is 6.04 Å². The summed E-state index contributed by atoms with van der Waals surface area (Å²) in [7, 11) is 0. The van der Waals surface area contributed by atoms with Crippen LogP contribution in [0.4, 0.5) is 0 Å². The molecule has 1 N–H and O–H groups in total. The quantitative estimate of drug-likeness (QED) is 0.791. The van der Waals surface area contributed by atoms with Crippen LogP contribution in [0.5, 0.6) is 0 Å². The SMILES string of the molecule is Cc1ccc(CC(=O)N(Cc2ccccc2)C(C)C(=O)NC2CCCC2)cc1. The Balaban J connectivity index is 1.73. The second kappa shape index (κ2) is 9.54. The fourth-order valence-corrected chi connectivity index (χ4v) is 3.74. The minimum Gasteiger partial charge on any atom is -0.352 e. The molecule has 4 heteroatoms. The largest absolute Gasteiger partial charge is 0.352 e. The minimum atomic E-state index is -0.501. The van der Waals surface area contributed by atoms with Gasteiger partial charge in [-0.3, -0.25) is 9.59 Å². The number of carbonyl (C=O) groups excluding carboxylic acids is 2. The van der Waals surface area contributed by atoms with Crippen molar-refractivity contribution in [2.75, 3.05) is 0 Å². The molecule has 1 unspecified atom stereocenters. The normalized spacial score (nSPS) is 15.2. The second-order valence-electron chi connectivity index (χ2n) is 7.84. The standard InChI is InChI=1S/C24H30N2O2/c1-18-12-14-20(15-13-18)16-23(27)26(17-21-8-4-3-5-9-21)19(2)24(28)25-22-10-6-7-11-22/h3-5,8-9,12-15,19,22H,6-7,10-11,16-17H2,1-2H3,(H,25,28). The summed E-state index contributed by atoms with van der Waals surface area (Å²) in [5, 5.41) is 3.14. The summed E-state index contributed by atoms with van der Waals surface area (Å²) in [5.41, 5.74) is 3.17. The van der Waals surface area contributed by atoms with E-state index < -0.39 is 6.04 Å². The molecule has 2 aromatic carbocycles. The summed E-state index contributed by atoms with van der Waals surface area (Å²) in [5.74, 6) is -0.0816. The molecule has 148 valence electrons. The summed E-state index contributed by atoms with van der Waals surface area (Å²) in [4.78, 5) is 27.7. The van der Waals surface area contributed by atoms with Crippen molar-refractivity contribution in [3.05, 3.63) is 71.3 Å². The lowest BCUT2D eigenvalue weighted by atomic mass is 10.1. The molecule has 0 aliphatic heterocycles. The molecule has 0 saturated heterocycles. The van der Waals surface area contributed by atoms with Gasteiger partial charge in [-0.2, -0.15) is 0 Å². The first-order valence-corrected chi connectivity index (χ1v) is 10.2. The van der Waals surface area contributed by atoms with E-state index in [-0.39, 0.29) is 17.9 Å². The molecular formula is C24H30N2O2. The van der Waals surface area contributed by atoms with Gasteiger partial charge in [-0.25, -0.2) is 0 Å². The summed E-state index contributed by atoms with van der Waals surface area (Å²) >= 11 is 0. The third-order valence-corrected chi connectivity index (χ3v) is 5.54. The average molecular weight is 379 g/mol. The second-order valence-corrected chi connectivity index (χ2v) is 7.84. The molecule has 1 fully saturated rings. The monoisotopic (exact) mass is 378 g/mol. The zero-order valence-corrected chi connectivity index (χ0v) is 16.9. The Morgan fingerprint density at radius 2 is 1.64 bits per heavy atom. The molecule has 3 rings (SSSR count). The Labute approximate surface area is 167 Å². The molecule has 0 spiro atoms. The summed E-state index contributed by atoms with van der Waals surface area (Å²) in [6, 6.07) is 17.6. The first-order chi connectivity index (χ1) is 13.5. The van der Waals surface area contributed by atoms with Crippen molar-refractivity contribution in [3.8, 4) is 0 Å². The molecule has 0 bridgehead atoms. The van der Waals surface area contributed by atoms with Crippen LogP contribution < -0.4 is 5.32 Å². The van der Waals surface area contributed by atoms with E-state index in [1.807, 2.05) is 68.4 Å². The van der Waals surface area contributed by atoms with Crippen molar-refractivity contribution in [2.24, 2.45) is 0 Å². The molecule has 1 saturated carbocycles. The Morgan fingerprint density at radius 3 is 2.29 bits per heavy atom. The van der Waals surface area contributed by atoms with E-state index in [4.69, 9.17) is 0 Å². The first-order valence-electron chi connectivity index (χ1n) is 10.2.